The van der Waals surface area contributed by atoms with Crippen LogP contribution in [0.1, 0.15) is 52.5 Å². The van der Waals surface area contributed by atoms with E-state index in [0.717, 1.165) is 37.1 Å². The number of nitrogens with one attached hydrogen (secondary N) is 1. The number of pyridine rings is 1. The molecule has 0 radical (unpaired) electrons. The zero-order valence-electron chi connectivity index (χ0n) is 18.3. The molecule has 2 nitrogen and oxygen atoms in total. The van der Waals surface area contributed by atoms with Crippen molar-refractivity contribution in [2.24, 2.45) is 11.3 Å². The summed E-state index contributed by atoms with van der Waals surface area (Å²) in [5.74, 6) is 0.626. The molecule has 1 unspecified atom stereocenters. The number of rotatable bonds is 7. The minimum atomic E-state index is 0.240. The van der Waals surface area contributed by atoms with E-state index < -0.39 is 0 Å². The molecule has 1 N–H and O–H groups in total. The van der Waals surface area contributed by atoms with Gasteiger partial charge in [-0.2, -0.15) is 0 Å². The summed E-state index contributed by atoms with van der Waals surface area (Å²) in [5.41, 5.74) is 7.52. The first-order chi connectivity index (χ1) is 13.9. The van der Waals surface area contributed by atoms with Crippen molar-refractivity contribution in [3.8, 4) is 0 Å². The third-order valence-electron chi connectivity index (χ3n) is 6.34. The fourth-order valence-electron chi connectivity index (χ4n) is 3.85. The summed E-state index contributed by atoms with van der Waals surface area (Å²) in [5, 5.41) is 3.57. The molecule has 3 rings (SSSR count). The van der Waals surface area contributed by atoms with Crippen LogP contribution in [0.2, 0.25) is 0 Å². The van der Waals surface area contributed by atoms with E-state index in [1.54, 1.807) is 0 Å². The van der Waals surface area contributed by atoms with Gasteiger partial charge in [0.2, 0.25) is 0 Å². The molecule has 29 heavy (non-hydrogen) atoms. The summed E-state index contributed by atoms with van der Waals surface area (Å²) in [7, 11) is 0. The number of hydrogen-bond acceptors (Lipinski definition) is 2. The molecule has 0 bridgehead atoms. The molecule has 152 valence electrons. The van der Waals surface area contributed by atoms with Gasteiger partial charge in [-0.15, -0.1) is 0 Å². The summed E-state index contributed by atoms with van der Waals surface area (Å²) in [6.07, 6.45) is 21.6. The summed E-state index contributed by atoms with van der Waals surface area (Å²) in [6, 6.07) is 4.18. The van der Waals surface area contributed by atoms with E-state index in [1.807, 2.05) is 12.4 Å². The van der Waals surface area contributed by atoms with Crippen LogP contribution < -0.4 is 5.32 Å². The Balaban J connectivity index is 1.73. The highest BCUT2D eigenvalue weighted by Crippen LogP contribution is 2.37. The second kappa shape index (κ2) is 9.26. The molecule has 2 heteroatoms. The Morgan fingerprint density at radius 1 is 1.17 bits per heavy atom. The summed E-state index contributed by atoms with van der Waals surface area (Å²) >= 11 is 0. The largest absolute Gasteiger partial charge is 0.356 e. The lowest BCUT2D eigenvalue weighted by molar-refractivity contribution is 0.297. The smallest absolute Gasteiger partial charge is 0.0387 e. The highest BCUT2D eigenvalue weighted by Gasteiger charge is 2.26. The van der Waals surface area contributed by atoms with Crippen molar-refractivity contribution >= 4 is 0 Å². The maximum atomic E-state index is 4.39. The van der Waals surface area contributed by atoms with Gasteiger partial charge in [0, 0.05) is 29.4 Å². The van der Waals surface area contributed by atoms with Gasteiger partial charge in [-0.05, 0) is 78.9 Å². The molecule has 1 aromatic heterocycles. The average Bonchev–Trinajstić information content (AvgIpc) is 2.74. The summed E-state index contributed by atoms with van der Waals surface area (Å²) in [6.45, 7) is 13.4. The van der Waals surface area contributed by atoms with E-state index in [4.69, 9.17) is 0 Å². The fourth-order valence-corrected chi connectivity index (χ4v) is 3.85. The second-order valence-corrected chi connectivity index (χ2v) is 8.62. The van der Waals surface area contributed by atoms with Gasteiger partial charge in [0.1, 0.15) is 0 Å². The highest BCUT2D eigenvalue weighted by atomic mass is 14.9. The first kappa shape index (κ1) is 21.1. The highest BCUT2D eigenvalue weighted by molar-refractivity contribution is 5.57. The monoisotopic (exact) mass is 386 g/mol. The van der Waals surface area contributed by atoms with E-state index in [-0.39, 0.29) is 5.41 Å². The van der Waals surface area contributed by atoms with Crippen molar-refractivity contribution in [1.29, 1.82) is 0 Å². The summed E-state index contributed by atoms with van der Waals surface area (Å²) < 4.78 is 0. The summed E-state index contributed by atoms with van der Waals surface area (Å²) in [4.78, 5) is 4.14. The molecule has 0 spiro atoms. The van der Waals surface area contributed by atoms with E-state index in [2.05, 4.69) is 93.2 Å². The van der Waals surface area contributed by atoms with Gasteiger partial charge in [0.05, 0.1) is 0 Å². The van der Waals surface area contributed by atoms with E-state index >= 15 is 0 Å². The Morgan fingerprint density at radius 3 is 2.45 bits per heavy atom. The van der Waals surface area contributed by atoms with Crippen molar-refractivity contribution < 1.29 is 0 Å². The average molecular weight is 387 g/mol. The van der Waals surface area contributed by atoms with Gasteiger partial charge in [-0.1, -0.05) is 57.7 Å². The van der Waals surface area contributed by atoms with Crippen LogP contribution in [0.5, 0.6) is 0 Å². The van der Waals surface area contributed by atoms with Crippen LogP contribution in [0.15, 0.2) is 95.7 Å². The van der Waals surface area contributed by atoms with Gasteiger partial charge in [-0.25, -0.2) is 0 Å². The van der Waals surface area contributed by atoms with Crippen molar-refractivity contribution in [2.75, 3.05) is 0 Å². The van der Waals surface area contributed by atoms with Crippen LogP contribution in [-0.4, -0.2) is 4.98 Å². The maximum Gasteiger partial charge on any atom is 0.0387 e. The van der Waals surface area contributed by atoms with E-state index in [9.17, 15) is 0 Å². The Labute approximate surface area is 176 Å². The van der Waals surface area contributed by atoms with E-state index in [0.29, 0.717) is 5.92 Å². The molecule has 0 fully saturated rings. The Hall–Kier alpha value is -2.61. The normalized spacial score (nSPS) is 22.1. The number of hydrogen-bond donors (Lipinski definition) is 1. The molecule has 0 saturated carbocycles. The SMILES string of the molecule is C=C(NC1=CCC(C)(C(C)C)C=C1)C1=CCCC=C1/C(=C\C)Cc1ccncc1. The van der Waals surface area contributed by atoms with Crippen molar-refractivity contribution in [3.63, 3.8) is 0 Å². The Bertz CT molecular complexity index is 894. The molecule has 1 heterocycles. The third kappa shape index (κ3) is 5.06. The molecule has 0 amide bonds. The number of nitrogens with zero attached hydrogens (tertiary/aromatic N) is 1. The van der Waals surface area contributed by atoms with Crippen LogP contribution in [-0.2, 0) is 6.42 Å². The van der Waals surface area contributed by atoms with Crippen LogP contribution in [0.3, 0.4) is 0 Å². The molecular formula is C27H34N2. The van der Waals surface area contributed by atoms with Crippen LogP contribution >= 0.6 is 0 Å². The lowest BCUT2D eigenvalue weighted by atomic mass is 9.74. The van der Waals surface area contributed by atoms with E-state index in [1.165, 1.54) is 22.3 Å². The Morgan fingerprint density at radius 2 is 1.86 bits per heavy atom. The number of allylic oxidation sites excluding steroid dienone is 8. The molecule has 0 aromatic carbocycles. The fraction of sp³-hybridized carbons (Fsp3) is 0.370. The third-order valence-corrected chi connectivity index (χ3v) is 6.34. The minimum Gasteiger partial charge on any atom is -0.356 e. The Kier molecular flexibility index (Phi) is 6.74. The lowest BCUT2D eigenvalue weighted by Crippen LogP contribution is -2.24. The van der Waals surface area contributed by atoms with Gasteiger partial charge in [0.15, 0.2) is 0 Å². The lowest BCUT2D eigenvalue weighted by Gasteiger charge is -2.32. The van der Waals surface area contributed by atoms with Gasteiger partial charge in [-0.3, -0.25) is 4.98 Å². The van der Waals surface area contributed by atoms with Crippen molar-refractivity contribution in [1.82, 2.24) is 10.3 Å². The molecule has 1 aromatic rings. The second-order valence-electron chi connectivity index (χ2n) is 8.62. The topological polar surface area (TPSA) is 24.9 Å². The maximum absolute atomic E-state index is 4.39. The minimum absolute atomic E-state index is 0.240. The molecule has 0 aliphatic heterocycles. The number of aromatic nitrogens is 1. The molecule has 2 aliphatic carbocycles. The van der Waals surface area contributed by atoms with Gasteiger partial charge >= 0.3 is 0 Å². The zero-order chi connectivity index (χ0) is 20.9. The molecular weight excluding hydrogens is 352 g/mol. The van der Waals surface area contributed by atoms with Gasteiger partial charge in [0.25, 0.3) is 0 Å². The zero-order valence-corrected chi connectivity index (χ0v) is 18.3. The standard InChI is InChI=1S/C27H34N2/c1-6-23(19-22-13-17-28-18-14-22)26-10-8-7-9-25(26)21(4)29-24-11-15-27(5,16-12-24)20(2)3/h6,9-15,17-18,20,29H,4,7-8,16,19H2,1-3,5H3/b23-6-. The molecule has 2 aliphatic rings. The predicted molar refractivity (Wildman–Crippen MR) is 124 cm³/mol. The first-order valence-corrected chi connectivity index (χ1v) is 10.7. The van der Waals surface area contributed by atoms with Crippen molar-refractivity contribution in [3.05, 3.63) is 101 Å². The first-order valence-electron chi connectivity index (χ1n) is 10.7. The van der Waals surface area contributed by atoms with Crippen LogP contribution in [0.25, 0.3) is 0 Å². The van der Waals surface area contributed by atoms with Crippen molar-refractivity contribution in [2.45, 2.75) is 53.4 Å². The van der Waals surface area contributed by atoms with Crippen LogP contribution in [0.4, 0.5) is 0 Å². The van der Waals surface area contributed by atoms with Gasteiger partial charge < -0.3 is 5.32 Å². The molecule has 0 saturated heterocycles. The molecule has 1 atom stereocenters. The van der Waals surface area contributed by atoms with Crippen LogP contribution in [0, 0.1) is 11.3 Å². The quantitative estimate of drug-likeness (QED) is 0.556. The predicted octanol–water partition coefficient (Wildman–Crippen LogP) is 6.83.